The van der Waals surface area contributed by atoms with Crippen LogP contribution >= 0.6 is 0 Å². The predicted octanol–water partition coefficient (Wildman–Crippen LogP) is 3.30. The lowest BCUT2D eigenvalue weighted by Gasteiger charge is -2.14. The maximum atomic E-state index is 12.2. The van der Waals surface area contributed by atoms with Gasteiger partial charge in [0.15, 0.2) is 0 Å². The van der Waals surface area contributed by atoms with E-state index in [0.29, 0.717) is 13.0 Å². The second-order valence-corrected chi connectivity index (χ2v) is 6.44. The number of amides is 1. The van der Waals surface area contributed by atoms with Crippen LogP contribution in [0.15, 0.2) is 54.6 Å². The van der Waals surface area contributed by atoms with Crippen LogP contribution in [0.2, 0.25) is 0 Å². The van der Waals surface area contributed by atoms with Gasteiger partial charge in [0.05, 0.1) is 19.4 Å². The molecule has 6 nitrogen and oxygen atoms in total. The van der Waals surface area contributed by atoms with Gasteiger partial charge >= 0.3 is 11.9 Å². The number of esters is 2. The normalized spacial score (nSPS) is 11.4. The van der Waals surface area contributed by atoms with E-state index >= 15 is 0 Å². The van der Waals surface area contributed by atoms with Crippen LogP contribution < -0.4 is 10.1 Å². The Morgan fingerprint density at radius 2 is 1.68 bits per heavy atom. The van der Waals surface area contributed by atoms with Crippen LogP contribution in [0.4, 0.5) is 0 Å². The smallest absolute Gasteiger partial charge is 0.341 e. The van der Waals surface area contributed by atoms with Crippen molar-refractivity contribution >= 4 is 17.8 Å². The van der Waals surface area contributed by atoms with Crippen LogP contribution in [0.1, 0.15) is 42.6 Å². The third kappa shape index (κ3) is 6.87. The fourth-order valence-electron chi connectivity index (χ4n) is 2.57. The SMILES string of the molecule is CCCOC(=O)c1ccccc1OC(=O)CC(C)NC(=O)Cc1ccccc1. The summed E-state index contributed by atoms with van der Waals surface area (Å²) >= 11 is 0. The van der Waals surface area contributed by atoms with Gasteiger partial charge in [-0.05, 0) is 31.0 Å². The molecule has 1 atom stereocenters. The summed E-state index contributed by atoms with van der Waals surface area (Å²) in [5.41, 5.74) is 1.10. The van der Waals surface area contributed by atoms with Gasteiger partial charge < -0.3 is 14.8 Å². The number of carbonyl (C=O) groups excluding carboxylic acids is 3. The van der Waals surface area contributed by atoms with Crippen molar-refractivity contribution in [3.8, 4) is 5.75 Å². The predicted molar refractivity (Wildman–Crippen MR) is 105 cm³/mol. The molecule has 0 aliphatic rings. The molecule has 0 aromatic heterocycles. The summed E-state index contributed by atoms with van der Waals surface area (Å²) in [5.74, 6) is -1.09. The van der Waals surface area contributed by atoms with Crippen LogP contribution in [0.3, 0.4) is 0 Å². The highest BCUT2D eigenvalue weighted by atomic mass is 16.5. The van der Waals surface area contributed by atoms with Crippen LogP contribution in [0, 0.1) is 0 Å². The van der Waals surface area contributed by atoms with E-state index in [1.165, 1.54) is 0 Å². The van der Waals surface area contributed by atoms with Gasteiger partial charge in [0.2, 0.25) is 5.91 Å². The quantitative estimate of drug-likeness (QED) is 0.531. The number of para-hydroxylation sites is 1. The van der Waals surface area contributed by atoms with Crippen molar-refractivity contribution in [2.45, 2.75) is 39.2 Å². The van der Waals surface area contributed by atoms with Crippen LogP contribution in [0.25, 0.3) is 0 Å². The van der Waals surface area contributed by atoms with Crippen molar-refractivity contribution in [2.24, 2.45) is 0 Å². The summed E-state index contributed by atoms with van der Waals surface area (Å²) in [6.07, 6.45) is 0.930. The Kier molecular flexibility index (Phi) is 8.21. The Balaban J connectivity index is 1.88. The van der Waals surface area contributed by atoms with Crippen molar-refractivity contribution in [1.29, 1.82) is 0 Å². The molecule has 0 spiro atoms. The minimum Gasteiger partial charge on any atom is -0.462 e. The van der Waals surface area contributed by atoms with E-state index in [1.54, 1.807) is 31.2 Å². The number of nitrogens with one attached hydrogen (secondary N) is 1. The van der Waals surface area contributed by atoms with Gasteiger partial charge in [-0.3, -0.25) is 9.59 Å². The first kappa shape index (κ1) is 21.2. The van der Waals surface area contributed by atoms with Gasteiger partial charge in [0.25, 0.3) is 0 Å². The summed E-state index contributed by atoms with van der Waals surface area (Å²) in [6, 6.07) is 15.4. The largest absolute Gasteiger partial charge is 0.462 e. The second-order valence-electron chi connectivity index (χ2n) is 6.44. The van der Waals surface area contributed by atoms with E-state index in [2.05, 4.69) is 5.32 Å². The second kappa shape index (κ2) is 10.9. The lowest BCUT2D eigenvalue weighted by atomic mass is 10.1. The Morgan fingerprint density at radius 1 is 1.00 bits per heavy atom. The van der Waals surface area contributed by atoms with E-state index in [1.807, 2.05) is 37.3 Å². The molecular formula is C22H25NO5. The number of hydrogen-bond donors (Lipinski definition) is 1. The number of benzene rings is 2. The molecule has 0 aliphatic heterocycles. The molecule has 0 fully saturated rings. The molecule has 2 aromatic carbocycles. The highest BCUT2D eigenvalue weighted by Gasteiger charge is 2.18. The number of ether oxygens (including phenoxy) is 2. The molecule has 0 saturated carbocycles. The van der Waals surface area contributed by atoms with Crippen molar-refractivity contribution in [2.75, 3.05) is 6.61 Å². The first-order chi connectivity index (χ1) is 13.5. The summed E-state index contributed by atoms with van der Waals surface area (Å²) in [7, 11) is 0. The molecule has 2 aromatic rings. The van der Waals surface area contributed by atoms with Crippen molar-refractivity contribution in [3.63, 3.8) is 0 Å². The van der Waals surface area contributed by atoms with Gasteiger partial charge in [0, 0.05) is 6.04 Å². The molecule has 0 aliphatic carbocycles. The lowest BCUT2D eigenvalue weighted by molar-refractivity contribution is -0.135. The van der Waals surface area contributed by atoms with Crippen LogP contribution in [-0.2, 0) is 20.7 Å². The van der Waals surface area contributed by atoms with Crippen molar-refractivity contribution in [3.05, 3.63) is 65.7 Å². The van der Waals surface area contributed by atoms with Gasteiger partial charge in [0.1, 0.15) is 11.3 Å². The minimum absolute atomic E-state index is 0.0150. The van der Waals surface area contributed by atoms with E-state index in [-0.39, 0.29) is 30.1 Å². The first-order valence-electron chi connectivity index (χ1n) is 9.29. The van der Waals surface area contributed by atoms with Gasteiger partial charge in [-0.15, -0.1) is 0 Å². The molecular weight excluding hydrogens is 358 g/mol. The van der Waals surface area contributed by atoms with E-state index in [9.17, 15) is 14.4 Å². The van der Waals surface area contributed by atoms with Crippen LogP contribution in [-0.4, -0.2) is 30.5 Å². The zero-order valence-corrected chi connectivity index (χ0v) is 16.1. The molecule has 0 radical (unpaired) electrons. The maximum Gasteiger partial charge on any atom is 0.341 e. The van der Waals surface area contributed by atoms with Crippen molar-refractivity contribution < 1.29 is 23.9 Å². The molecule has 1 N–H and O–H groups in total. The Labute approximate surface area is 164 Å². The van der Waals surface area contributed by atoms with E-state index < -0.39 is 18.0 Å². The molecule has 0 saturated heterocycles. The average Bonchev–Trinajstić information content (AvgIpc) is 2.66. The minimum atomic E-state index is -0.539. The molecule has 0 heterocycles. The van der Waals surface area contributed by atoms with Crippen molar-refractivity contribution in [1.82, 2.24) is 5.32 Å². The molecule has 1 unspecified atom stereocenters. The van der Waals surface area contributed by atoms with Gasteiger partial charge in [-0.2, -0.15) is 0 Å². The molecule has 1 amide bonds. The fraction of sp³-hybridized carbons (Fsp3) is 0.318. The number of carbonyl (C=O) groups is 3. The number of hydrogen-bond acceptors (Lipinski definition) is 5. The summed E-state index contributed by atoms with van der Waals surface area (Å²) in [5, 5.41) is 2.78. The molecule has 2 rings (SSSR count). The molecule has 6 heteroatoms. The summed E-state index contributed by atoms with van der Waals surface area (Å²) in [6.45, 7) is 3.92. The first-order valence-corrected chi connectivity index (χ1v) is 9.29. The van der Waals surface area contributed by atoms with E-state index in [4.69, 9.17) is 9.47 Å². The third-order valence-corrected chi connectivity index (χ3v) is 3.86. The Morgan fingerprint density at radius 3 is 2.39 bits per heavy atom. The monoisotopic (exact) mass is 383 g/mol. The highest BCUT2D eigenvalue weighted by Crippen LogP contribution is 2.20. The van der Waals surface area contributed by atoms with E-state index in [0.717, 1.165) is 5.56 Å². The summed E-state index contributed by atoms with van der Waals surface area (Å²) < 4.78 is 10.4. The topological polar surface area (TPSA) is 81.7 Å². The van der Waals surface area contributed by atoms with Gasteiger partial charge in [-0.1, -0.05) is 49.4 Å². The summed E-state index contributed by atoms with van der Waals surface area (Å²) in [4.78, 5) is 36.4. The average molecular weight is 383 g/mol. The zero-order valence-electron chi connectivity index (χ0n) is 16.1. The fourth-order valence-corrected chi connectivity index (χ4v) is 2.57. The van der Waals surface area contributed by atoms with Gasteiger partial charge in [-0.25, -0.2) is 4.79 Å². The third-order valence-electron chi connectivity index (χ3n) is 3.86. The molecule has 0 bridgehead atoms. The highest BCUT2D eigenvalue weighted by molar-refractivity contribution is 5.93. The standard InChI is InChI=1S/C22H25NO5/c1-3-13-27-22(26)18-11-7-8-12-19(18)28-21(25)14-16(2)23-20(24)15-17-9-5-4-6-10-17/h4-12,16H,3,13-15H2,1-2H3,(H,23,24). The van der Waals surface area contributed by atoms with Crippen LogP contribution in [0.5, 0.6) is 5.75 Å². The molecule has 28 heavy (non-hydrogen) atoms. The number of rotatable bonds is 9. The maximum absolute atomic E-state index is 12.2. The molecule has 148 valence electrons. The Hall–Kier alpha value is -3.15. The lowest BCUT2D eigenvalue weighted by Crippen LogP contribution is -2.36. The zero-order chi connectivity index (χ0) is 20.4. The Bertz CT molecular complexity index is 804.